The molecule has 9 heteroatoms. The van der Waals surface area contributed by atoms with Crippen molar-refractivity contribution in [2.24, 2.45) is 5.92 Å². The van der Waals surface area contributed by atoms with E-state index in [0.29, 0.717) is 29.4 Å². The molecule has 29 heavy (non-hydrogen) atoms. The second-order valence-corrected chi connectivity index (χ2v) is 8.69. The van der Waals surface area contributed by atoms with Crippen LogP contribution >= 0.6 is 11.3 Å². The maximum Gasteiger partial charge on any atom is 0.433 e. The van der Waals surface area contributed by atoms with E-state index in [1.54, 1.807) is 18.2 Å². The number of amides is 1. The number of aromatic nitrogens is 3. The monoisotopic (exact) mass is 420 g/mol. The molecule has 1 aliphatic heterocycles. The number of carbonyl (C=O) groups excluding carboxylic acids is 1. The Morgan fingerprint density at radius 1 is 1.21 bits per heavy atom. The topological polar surface area (TPSA) is 50.5 Å². The molecule has 3 aromatic rings. The van der Waals surface area contributed by atoms with Gasteiger partial charge in [-0.2, -0.15) is 18.3 Å². The first-order valence-electron chi connectivity index (χ1n) is 9.71. The normalized spacial score (nSPS) is 20.4. The molecule has 152 valence electrons. The standard InChI is InChI=1S/C20H19F3N4OS/c21-20(22,23)17-9-15(16-4-2-8-29-16)24-18-10-14(25-27(17)18)13-3-1-7-26(11-13)19(28)12-5-6-12/h2,4,8-10,12-13H,1,3,5-7,11H2/t13-/m1/s1. The minimum atomic E-state index is -4.54. The zero-order chi connectivity index (χ0) is 20.2. The van der Waals surface area contributed by atoms with Gasteiger partial charge in [-0.3, -0.25) is 4.79 Å². The lowest BCUT2D eigenvalue weighted by Gasteiger charge is -2.32. The van der Waals surface area contributed by atoms with Crippen LogP contribution in [0.15, 0.2) is 29.6 Å². The van der Waals surface area contributed by atoms with E-state index in [9.17, 15) is 18.0 Å². The highest BCUT2D eigenvalue weighted by Gasteiger charge is 2.38. The molecule has 0 bridgehead atoms. The number of piperidine rings is 1. The molecule has 2 fully saturated rings. The maximum absolute atomic E-state index is 13.7. The summed E-state index contributed by atoms with van der Waals surface area (Å²) in [5, 5.41) is 6.09. The number of halogens is 3. The van der Waals surface area contributed by atoms with Crippen molar-refractivity contribution in [3.05, 3.63) is 41.0 Å². The van der Waals surface area contributed by atoms with E-state index < -0.39 is 11.9 Å². The van der Waals surface area contributed by atoms with Gasteiger partial charge in [-0.25, -0.2) is 9.50 Å². The fourth-order valence-electron chi connectivity index (χ4n) is 3.95. The van der Waals surface area contributed by atoms with Gasteiger partial charge in [0.2, 0.25) is 5.91 Å². The summed E-state index contributed by atoms with van der Waals surface area (Å²) in [5.74, 6) is 0.244. The van der Waals surface area contributed by atoms with Crippen LogP contribution in [0.4, 0.5) is 13.2 Å². The van der Waals surface area contributed by atoms with Gasteiger partial charge in [0, 0.05) is 31.0 Å². The number of rotatable bonds is 3. The molecule has 1 saturated heterocycles. The number of nitrogens with zero attached hydrogens (tertiary/aromatic N) is 4. The Bertz CT molecular complexity index is 1060. The largest absolute Gasteiger partial charge is 0.433 e. The van der Waals surface area contributed by atoms with Gasteiger partial charge in [-0.1, -0.05) is 6.07 Å². The van der Waals surface area contributed by atoms with E-state index in [2.05, 4.69) is 10.1 Å². The van der Waals surface area contributed by atoms with Gasteiger partial charge in [-0.05, 0) is 43.2 Å². The molecular weight excluding hydrogens is 401 g/mol. The predicted octanol–water partition coefficient (Wildman–Crippen LogP) is 4.59. The summed E-state index contributed by atoms with van der Waals surface area (Å²) in [6.45, 7) is 1.23. The van der Waals surface area contributed by atoms with Crippen LogP contribution < -0.4 is 0 Å². The van der Waals surface area contributed by atoms with Crippen molar-refractivity contribution in [1.82, 2.24) is 19.5 Å². The lowest BCUT2D eigenvalue weighted by molar-refractivity contribution is -0.142. The molecule has 1 saturated carbocycles. The molecule has 0 aromatic carbocycles. The summed E-state index contributed by atoms with van der Waals surface area (Å²) in [6, 6.07) is 6.24. The number of hydrogen-bond acceptors (Lipinski definition) is 4. The van der Waals surface area contributed by atoms with Gasteiger partial charge in [0.25, 0.3) is 0 Å². The Balaban J connectivity index is 1.53. The minimum Gasteiger partial charge on any atom is -0.342 e. The molecule has 1 amide bonds. The van der Waals surface area contributed by atoms with Crippen molar-refractivity contribution in [1.29, 1.82) is 0 Å². The SMILES string of the molecule is O=C(C1CC1)N1CCC[C@@H](c2cc3nc(-c4cccs4)cc(C(F)(F)F)n3n2)C1. The van der Waals surface area contributed by atoms with Crippen LogP contribution in [0.3, 0.4) is 0 Å². The van der Waals surface area contributed by atoms with E-state index in [1.165, 1.54) is 11.3 Å². The molecule has 0 radical (unpaired) electrons. The highest BCUT2D eigenvalue weighted by molar-refractivity contribution is 7.13. The fraction of sp³-hybridized carbons (Fsp3) is 0.450. The summed E-state index contributed by atoms with van der Waals surface area (Å²) in [7, 11) is 0. The Hall–Kier alpha value is -2.42. The lowest BCUT2D eigenvalue weighted by Crippen LogP contribution is -2.40. The molecule has 0 spiro atoms. The second kappa shape index (κ2) is 6.83. The molecule has 0 unspecified atom stereocenters. The highest BCUT2D eigenvalue weighted by Crippen LogP contribution is 2.36. The van der Waals surface area contributed by atoms with Crippen LogP contribution in [0, 0.1) is 5.92 Å². The molecule has 5 rings (SSSR count). The highest BCUT2D eigenvalue weighted by atomic mass is 32.1. The summed E-state index contributed by atoms with van der Waals surface area (Å²) >= 11 is 1.35. The van der Waals surface area contributed by atoms with Crippen molar-refractivity contribution in [3.8, 4) is 10.6 Å². The average Bonchev–Trinajstić information content (AvgIpc) is 3.23. The molecule has 1 aliphatic carbocycles. The quantitative estimate of drug-likeness (QED) is 0.623. The first-order chi connectivity index (χ1) is 13.9. The van der Waals surface area contributed by atoms with Crippen LogP contribution in [0.2, 0.25) is 0 Å². The number of fused-ring (bicyclic) bond motifs is 1. The zero-order valence-electron chi connectivity index (χ0n) is 15.5. The smallest absolute Gasteiger partial charge is 0.342 e. The third kappa shape index (κ3) is 3.52. The summed E-state index contributed by atoms with van der Waals surface area (Å²) in [6.07, 6.45) is -1.02. The number of carbonyl (C=O) groups is 1. The molecule has 3 aromatic heterocycles. The first kappa shape index (κ1) is 18.6. The van der Waals surface area contributed by atoms with Gasteiger partial charge in [0.1, 0.15) is 0 Å². The first-order valence-corrected chi connectivity index (χ1v) is 10.6. The van der Waals surface area contributed by atoms with Gasteiger partial charge < -0.3 is 4.90 Å². The predicted molar refractivity (Wildman–Crippen MR) is 103 cm³/mol. The van der Waals surface area contributed by atoms with E-state index in [0.717, 1.165) is 36.3 Å². The van der Waals surface area contributed by atoms with Crippen LogP contribution in [-0.4, -0.2) is 38.5 Å². The van der Waals surface area contributed by atoms with Crippen LogP contribution in [-0.2, 0) is 11.0 Å². The Morgan fingerprint density at radius 3 is 2.72 bits per heavy atom. The van der Waals surface area contributed by atoms with Gasteiger partial charge >= 0.3 is 6.18 Å². The zero-order valence-corrected chi connectivity index (χ0v) is 16.3. The number of likely N-dealkylation sites (tertiary alicyclic amines) is 1. The third-order valence-corrected chi connectivity index (χ3v) is 6.48. The second-order valence-electron chi connectivity index (χ2n) is 7.74. The minimum absolute atomic E-state index is 0.0700. The van der Waals surface area contributed by atoms with Crippen molar-refractivity contribution >= 4 is 22.9 Å². The number of thiophene rings is 1. The summed E-state index contributed by atoms with van der Waals surface area (Å²) < 4.78 is 42.0. The lowest BCUT2D eigenvalue weighted by atomic mass is 9.94. The van der Waals surface area contributed by atoms with Crippen molar-refractivity contribution in [3.63, 3.8) is 0 Å². The van der Waals surface area contributed by atoms with Crippen LogP contribution in [0.25, 0.3) is 16.2 Å². The fourth-order valence-corrected chi connectivity index (χ4v) is 4.64. The van der Waals surface area contributed by atoms with Gasteiger partial charge in [-0.15, -0.1) is 11.3 Å². The van der Waals surface area contributed by atoms with E-state index in [4.69, 9.17) is 0 Å². The molecule has 4 heterocycles. The van der Waals surface area contributed by atoms with E-state index in [1.807, 2.05) is 10.3 Å². The Morgan fingerprint density at radius 2 is 2.03 bits per heavy atom. The molecule has 0 N–H and O–H groups in total. The number of alkyl halides is 3. The molecular formula is C20H19F3N4OS. The van der Waals surface area contributed by atoms with E-state index in [-0.39, 0.29) is 23.4 Å². The van der Waals surface area contributed by atoms with Crippen LogP contribution in [0.5, 0.6) is 0 Å². The maximum atomic E-state index is 13.7. The summed E-state index contributed by atoms with van der Waals surface area (Å²) in [4.78, 5) is 19.4. The van der Waals surface area contributed by atoms with Gasteiger partial charge in [0.15, 0.2) is 11.3 Å². The molecule has 2 aliphatic rings. The molecule has 1 atom stereocenters. The van der Waals surface area contributed by atoms with Crippen molar-refractivity contribution < 1.29 is 18.0 Å². The number of hydrogen-bond donors (Lipinski definition) is 0. The molecule has 5 nitrogen and oxygen atoms in total. The van der Waals surface area contributed by atoms with E-state index >= 15 is 0 Å². The van der Waals surface area contributed by atoms with Crippen molar-refractivity contribution in [2.75, 3.05) is 13.1 Å². The Kier molecular flexibility index (Phi) is 4.38. The van der Waals surface area contributed by atoms with Crippen molar-refractivity contribution in [2.45, 2.75) is 37.8 Å². The van der Waals surface area contributed by atoms with Crippen LogP contribution in [0.1, 0.15) is 43.0 Å². The Labute approximate surface area is 169 Å². The average molecular weight is 420 g/mol. The third-order valence-electron chi connectivity index (χ3n) is 5.59. The summed E-state index contributed by atoms with van der Waals surface area (Å²) in [5.41, 5.74) is 0.211. The van der Waals surface area contributed by atoms with Gasteiger partial charge in [0.05, 0.1) is 16.3 Å².